The molecule has 12 nitrogen and oxygen atoms in total. The van der Waals surface area contributed by atoms with Crippen molar-refractivity contribution < 1.29 is 64.7 Å². The summed E-state index contributed by atoms with van der Waals surface area (Å²) in [6.45, 7) is 27.0. The molecule has 1 N–H and O–H groups in total. The largest absolute Gasteiger partial charge is 0.310 e. The Morgan fingerprint density at radius 3 is 1.30 bits per heavy atom. The molecule has 0 aliphatic heterocycles. The van der Waals surface area contributed by atoms with Crippen LogP contribution in [0.15, 0.2) is 200 Å². The third-order valence-corrected chi connectivity index (χ3v) is 18.1. The summed E-state index contributed by atoms with van der Waals surface area (Å²) >= 11 is 0. The number of hydrogen-bond acceptors (Lipinski definition) is 12. The molecule has 0 heterocycles. The van der Waals surface area contributed by atoms with E-state index in [4.69, 9.17) is 15.2 Å². The van der Waals surface area contributed by atoms with Crippen LogP contribution in [-0.4, -0.2) is 5.26 Å². The topological polar surface area (TPSA) is 110 Å². The summed E-state index contributed by atoms with van der Waals surface area (Å²) in [7, 11) is 0. The minimum atomic E-state index is -0.0256. The summed E-state index contributed by atoms with van der Waals surface area (Å²) in [4.78, 5) is 10.2. The molecule has 11 aromatic rings. The number of benzene rings is 11. The van der Waals surface area contributed by atoms with Crippen molar-refractivity contribution in [3.05, 3.63) is 234 Å². The summed E-state index contributed by atoms with van der Waals surface area (Å²) < 4.78 is 0. The molecule has 0 spiro atoms. The number of fused-ring (bicyclic) bond motifs is 4. The molecule has 0 fully saturated rings. The van der Waals surface area contributed by atoms with Crippen LogP contribution in [0, 0.1) is 13.8 Å². The van der Waals surface area contributed by atoms with Crippen LogP contribution in [0.25, 0.3) is 65.3 Å². The van der Waals surface area contributed by atoms with Crippen LogP contribution in [-0.2, 0) is 63.0 Å². The van der Waals surface area contributed by atoms with Crippen molar-refractivity contribution >= 4 is 77.2 Å². The molecule has 0 saturated carbocycles. The van der Waals surface area contributed by atoms with Crippen LogP contribution in [0.3, 0.4) is 0 Å². The van der Waals surface area contributed by atoms with Crippen molar-refractivity contribution in [2.45, 2.75) is 157 Å². The number of hydrogen-bond donors (Lipinski definition) is 1. The van der Waals surface area contributed by atoms with Crippen LogP contribution in [0.1, 0.15) is 168 Å². The van der Waals surface area contributed by atoms with Gasteiger partial charge in [0.1, 0.15) is 0 Å². The van der Waals surface area contributed by atoms with Gasteiger partial charge in [0.2, 0.25) is 0 Å². The van der Waals surface area contributed by atoms with Gasteiger partial charge in [0.05, 0.1) is 0 Å². The van der Waals surface area contributed by atoms with Gasteiger partial charge in [-0.1, -0.05) is 223 Å². The number of anilines is 6. The third-order valence-electron chi connectivity index (χ3n) is 18.1. The first-order valence-electron chi connectivity index (χ1n) is 33.0. The Bertz CT molecular complexity index is 4380. The number of unbranched alkanes of at least 4 members (excludes halogenated alkanes) is 7. The van der Waals surface area contributed by atoms with Crippen molar-refractivity contribution in [1.29, 1.82) is 0 Å². The van der Waals surface area contributed by atoms with Gasteiger partial charge < -0.3 is 14.7 Å². The molecule has 0 aromatic heterocycles. The fraction of sp³-hybridized carbons (Fsp3) is 0.293. The Morgan fingerprint density at radius 2 is 0.787 bits per heavy atom. The highest BCUT2D eigenvalue weighted by Crippen LogP contribution is 2.50. The first-order chi connectivity index (χ1) is 45.2. The fourth-order valence-corrected chi connectivity index (χ4v) is 12.9. The van der Waals surface area contributed by atoms with Gasteiger partial charge >= 0.3 is 0 Å². The van der Waals surface area contributed by atoms with Gasteiger partial charge in [0.15, 0.2) is 5.75 Å². The predicted octanol–water partition coefficient (Wildman–Crippen LogP) is 26.5. The Kier molecular flexibility index (Phi) is 21.0. The molecule has 12 heteroatoms. The highest BCUT2D eigenvalue weighted by Gasteiger charge is 2.26. The monoisotopic (exact) mass is 1280 g/mol. The number of aryl methyl sites for hydroxylation is 3. The summed E-state index contributed by atoms with van der Waals surface area (Å²) in [5.74, 6) is 0.304. The van der Waals surface area contributed by atoms with Crippen LogP contribution >= 0.6 is 0 Å². The zero-order valence-corrected chi connectivity index (χ0v) is 56.4. The zero-order valence-electron chi connectivity index (χ0n) is 56.4. The van der Waals surface area contributed by atoms with Crippen molar-refractivity contribution in [3.63, 3.8) is 0 Å². The molecule has 0 bridgehead atoms. The lowest BCUT2D eigenvalue weighted by atomic mass is 9.84. The lowest BCUT2D eigenvalue weighted by Gasteiger charge is -2.30. The van der Waals surface area contributed by atoms with E-state index in [1.807, 2.05) is 12.1 Å². The van der Waals surface area contributed by atoms with E-state index in [1.165, 1.54) is 95.5 Å². The quantitative estimate of drug-likeness (QED) is 0.0241. The number of rotatable bonds is 26. The van der Waals surface area contributed by atoms with E-state index in [0.29, 0.717) is 5.75 Å². The number of nitrogens with zero attached hydrogens (tertiary/aromatic N) is 2. The first-order valence-corrected chi connectivity index (χ1v) is 33.0. The summed E-state index contributed by atoms with van der Waals surface area (Å²) in [6.07, 6.45) is 11.5. The second-order valence-electron chi connectivity index (χ2n) is 28.0. The highest BCUT2D eigenvalue weighted by molar-refractivity contribution is 6.23. The summed E-state index contributed by atoms with van der Waals surface area (Å²) in [5, 5.41) is 48.8. The second kappa shape index (κ2) is 29.4. The van der Waals surface area contributed by atoms with E-state index in [2.05, 4.69) is 310 Å². The lowest BCUT2D eigenvalue weighted by Crippen LogP contribution is -2.14. The van der Waals surface area contributed by atoms with Gasteiger partial charge in [0.25, 0.3) is 0 Å². The molecule has 11 aromatic carbocycles. The van der Waals surface area contributed by atoms with Crippen LogP contribution in [0.4, 0.5) is 34.1 Å². The van der Waals surface area contributed by atoms with E-state index in [9.17, 15) is 0 Å². The normalized spacial score (nSPS) is 12.2. The van der Waals surface area contributed by atoms with Gasteiger partial charge in [0, 0.05) is 68.5 Å². The SMILES string of the molecule is CCCCCCCCCCc1ccc2cc(-c3c4ccc(N(c5ccc(C(C)(C)C)cc5)c5cc(C)ccc5C)cc4c(-c4ccc5cc(OOOOOOOOOO)ccc5c4)c4ccc(N(c5ccc(C(C)(C)C)cc5)c5ccc(C(C)(C)C)cc5)cc34)ccc2c1.[HH].[HH].[HH].[HH].[HH].[HH].[HH].[HH].[HH].[HH]. The maximum absolute atomic E-state index is 8.16. The third kappa shape index (κ3) is 15.7. The average molecular weight is 1280 g/mol. The first kappa shape index (κ1) is 66.9. The van der Waals surface area contributed by atoms with Crippen molar-refractivity contribution in [3.8, 4) is 28.0 Å². The molecule has 94 heavy (non-hydrogen) atoms. The minimum Gasteiger partial charge on any atom is -0.310 e. The van der Waals surface area contributed by atoms with Gasteiger partial charge in [-0.25, -0.2) is 5.26 Å². The Hall–Kier alpha value is -8.50. The van der Waals surface area contributed by atoms with E-state index >= 15 is 0 Å². The molecule has 11 rings (SSSR count). The Balaban J connectivity index is 0.00000541. The fourth-order valence-electron chi connectivity index (χ4n) is 12.9. The lowest BCUT2D eigenvalue weighted by molar-refractivity contribution is -0.840. The molecule has 0 aliphatic rings. The molecule has 0 atom stereocenters. The average Bonchev–Trinajstić information content (AvgIpc) is 0.719. The molecule has 0 aliphatic carbocycles. The van der Waals surface area contributed by atoms with Gasteiger partial charge in [-0.3, -0.25) is 0 Å². The molecule has 0 unspecified atom stereocenters. The van der Waals surface area contributed by atoms with Crippen LogP contribution in [0.5, 0.6) is 5.75 Å². The van der Waals surface area contributed by atoms with Crippen LogP contribution < -0.4 is 14.7 Å². The minimum absolute atomic E-state index is 0. The molecule has 0 amide bonds. The standard InChI is InChI=1S/C82H88N2O10.10H2/c1-13-14-15-16-17-18-19-20-21-57-24-25-59-50-62(28-26-58(59)49-57)78-74-47-44-71(84(77-48-55(2)22-23-56(77)3)69-41-35-66(36-42-69)82(10,11)12)54-76(74)79(63-29-27-61-52-72(45-30-60(61)51-63)86-88-90-92-94-93-91-89-87-85)73-46-43-70(53-75(73)78)83(67-37-31-64(32-38-67)80(4,5)6)68-39-33-65(34-40-68)81(7,8)9;;;;;;;;;;/h22-54,85H,13-21H2,1-12H3;10*1H. The maximum Gasteiger partial charge on any atom is 0.169 e. The Morgan fingerprint density at radius 1 is 0.362 bits per heavy atom. The van der Waals surface area contributed by atoms with Crippen molar-refractivity contribution in [1.82, 2.24) is 0 Å². The smallest absolute Gasteiger partial charge is 0.169 e. The van der Waals surface area contributed by atoms with Gasteiger partial charge in [-0.2, -0.15) is 0 Å². The summed E-state index contributed by atoms with van der Waals surface area (Å²) in [6, 6.07) is 74.4. The van der Waals surface area contributed by atoms with Crippen molar-refractivity contribution in [2.75, 3.05) is 9.80 Å². The maximum atomic E-state index is 8.16. The molecule has 0 saturated heterocycles. The molecule has 0 radical (unpaired) electrons. The zero-order chi connectivity index (χ0) is 66.2. The molecular weight excluding hydrogens is 1170 g/mol. The van der Waals surface area contributed by atoms with Gasteiger partial charge in [-0.05, 0) is 253 Å². The summed E-state index contributed by atoms with van der Waals surface area (Å²) in [5.41, 5.74) is 18.2. The van der Waals surface area contributed by atoms with E-state index in [0.717, 1.165) is 95.1 Å². The van der Waals surface area contributed by atoms with E-state index in [-0.39, 0.29) is 30.5 Å². The highest BCUT2D eigenvalue weighted by atomic mass is 17.9. The molecular formula is C82H108N2O10. The molecule has 506 valence electrons. The Labute approximate surface area is 568 Å². The van der Waals surface area contributed by atoms with Crippen molar-refractivity contribution in [2.24, 2.45) is 0 Å². The van der Waals surface area contributed by atoms with Gasteiger partial charge in [-0.15, -0.1) is 0 Å². The second-order valence-corrected chi connectivity index (χ2v) is 28.0. The van der Waals surface area contributed by atoms with Crippen LogP contribution in [0.2, 0.25) is 0 Å². The predicted molar refractivity (Wildman–Crippen MR) is 402 cm³/mol. The van der Waals surface area contributed by atoms with E-state index in [1.54, 1.807) is 6.07 Å². The van der Waals surface area contributed by atoms with E-state index < -0.39 is 0 Å².